The summed E-state index contributed by atoms with van der Waals surface area (Å²) in [5.74, 6) is 0.574. The van der Waals surface area contributed by atoms with E-state index in [1.165, 1.54) is 89.5 Å². The maximum Gasteiger partial charge on any atom is 1.00 e. The molecule has 0 radical (unpaired) electrons. The number of hydrogen-bond acceptors (Lipinski definition) is 4. The molecule has 1 unspecified atom stereocenters. The van der Waals surface area contributed by atoms with Gasteiger partial charge in [-0.05, 0) is 56.2 Å². The van der Waals surface area contributed by atoms with Gasteiger partial charge >= 0.3 is 29.6 Å². The third-order valence-electron chi connectivity index (χ3n) is 6.81. The second kappa shape index (κ2) is 19.1. The SMILES string of the molecule is CCCCCCCCCc1cccc(OC(C)(CC)S(=O)(=O)[O-])c1CCCCCCCCC.[Na+]. The number of rotatable bonds is 20. The summed E-state index contributed by atoms with van der Waals surface area (Å²) in [7, 11) is -4.58. The van der Waals surface area contributed by atoms with Gasteiger partial charge in [0.1, 0.15) is 15.9 Å². The molecule has 192 valence electrons. The van der Waals surface area contributed by atoms with Gasteiger partial charge in [-0.15, -0.1) is 0 Å². The Kier molecular flexibility index (Phi) is 19.1. The van der Waals surface area contributed by atoms with Crippen LogP contribution in [0.2, 0.25) is 0 Å². The Labute approximate surface area is 233 Å². The van der Waals surface area contributed by atoms with Gasteiger partial charge in [0.15, 0.2) is 4.93 Å². The standard InChI is InChI=1S/C28H50O4S.Na/c1-5-8-10-12-14-16-18-21-25-22-20-24-27(32-28(4,7-3)33(29,30)31)26(25)23-19-17-15-13-11-9-6-2;/h20,22,24H,5-19,21,23H2,1-4H3,(H,29,30,31);/q;+1/p-1. The summed E-state index contributed by atoms with van der Waals surface area (Å²) in [5.41, 5.74) is 2.34. The Morgan fingerprint density at radius 3 is 1.71 bits per heavy atom. The summed E-state index contributed by atoms with van der Waals surface area (Å²) in [5, 5.41) is 0. The van der Waals surface area contributed by atoms with Crippen molar-refractivity contribution < 1.29 is 47.3 Å². The topological polar surface area (TPSA) is 66.4 Å². The Bertz CT molecular complexity index is 751. The quantitative estimate of drug-likeness (QED) is 0.137. The van der Waals surface area contributed by atoms with Gasteiger partial charge in [0.05, 0.1) is 0 Å². The van der Waals surface area contributed by atoms with E-state index in [1.807, 2.05) is 12.1 Å². The van der Waals surface area contributed by atoms with E-state index in [4.69, 9.17) is 4.74 Å². The van der Waals surface area contributed by atoms with Crippen molar-refractivity contribution in [2.24, 2.45) is 0 Å². The van der Waals surface area contributed by atoms with Gasteiger partial charge in [-0.3, -0.25) is 0 Å². The first-order chi connectivity index (χ1) is 15.8. The summed E-state index contributed by atoms with van der Waals surface area (Å²) in [6.45, 7) is 7.56. The summed E-state index contributed by atoms with van der Waals surface area (Å²) >= 11 is 0. The molecule has 0 aromatic heterocycles. The van der Waals surface area contributed by atoms with Crippen molar-refractivity contribution in [3.63, 3.8) is 0 Å². The minimum Gasteiger partial charge on any atom is -0.745 e. The molecule has 0 heterocycles. The Balaban J connectivity index is 0.0000109. The molecule has 34 heavy (non-hydrogen) atoms. The van der Waals surface area contributed by atoms with Crippen molar-refractivity contribution in [1.82, 2.24) is 0 Å². The molecular weight excluding hydrogens is 455 g/mol. The summed E-state index contributed by atoms with van der Waals surface area (Å²) < 4.78 is 41.7. The number of benzene rings is 1. The molecule has 0 spiro atoms. The maximum absolute atomic E-state index is 11.9. The molecule has 0 bridgehead atoms. The van der Waals surface area contributed by atoms with Crippen LogP contribution in [-0.2, 0) is 23.0 Å². The zero-order valence-corrected chi connectivity index (χ0v) is 25.6. The van der Waals surface area contributed by atoms with Crippen LogP contribution in [0.3, 0.4) is 0 Å². The average Bonchev–Trinajstić information content (AvgIpc) is 2.78. The molecule has 0 fully saturated rings. The third-order valence-corrected chi connectivity index (χ3v) is 8.24. The first-order valence-electron chi connectivity index (χ1n) is 13.5. The minimum atomic E-state index is -4.58. The van der Waals surface area contributed by atoms with Crippen LogP contribution in [0.4, 0.5) is 0 Å². The molecular formula is C28H49NaO4S. The number of hydrogen-bond donors (Lipinski definition) is 0. The fourth-order valence-corrected chi connectivity index (χ4v) is 4.83. The van der Waals surface area contributed by atoms with Gasteiger partial charge in [0.25, 0.3) is 0 Å². The minimum absolute atomic E-state index is 0. The zero-order valence-electron chi connectivity index (χ0n) is 22.8. The first kappa shape index (κ1) is 33.9. The van der Waals surface area contributed by atoms with Gasteiger partial charge in [-0.25, -0.2) is 8.42 Å². The average molecular weight is 505 g/mol. The van der Waals surface area contributed by atoms with Crippen LogP contribution < -0.4 is 34.3 Å². The summed E-state index contributed by atoms with van der Waals surface area (Å²) in [6.07, 6.45) is 19.4. The fourth-order valence-electron chi connectivity index (χ4n) is 4.29. The van der Waals surface area contributed by atoms with Gasteiger partial charge in [0.2, 0.25) is 0 Å². The van der Waals surface area contributed by atoms with Gasteiger partial charge in [-0.2, -0.15) is 0 Å². The molecule has 0 amide bonds. The van der Waals surface area contributed by atoms with E-state index in [9.17, 15) is 13.0 Å². The van der Waals surface area contributed by atoms with Crippen LogP contribution in [-0.4, -0.2) is 17.9 Å². The second-order valence-corrected chi connectivity index (χ2v) is 11.5. The summed E-state index contributed by atoms with van der Waals surface area (Å²) in [4.78, 5) is -1.74. The van der Waals surface area contributed by atoms with Crippen molar-refractivity contribution in [3.05, 3.63) is 29.3 Å². The van der Waals surface area contributed by atoms with Crippen molar-refractivity contribution in [2.75, 3.05) is 0 Å². The maximum atomic E-state index is 11.9. The molecule has 1 atom stereocenters. The molecule has 1 aromatic carbocycles. The van der Waals surface area contributed by atoms with Crippen LogP contribution >= 0.6 is 0 Å². The normalized spacial score (nSPS) is 13.3. The molecule has 0 saturated heterocycles. The molecule has 0 aliphatic rings. The van der Waals surface area contributed by atoms with Crippen LogP contribution in [0.15, 0.2) is 18.2 Å². The van der Waals surface area contributed by atoms with Crippen LogP contribution in [0.5, 0.6) is 5.75 Å². The van der Waals surface area contributed by atoms with Crippen LogP contribution in [0.25, 0.3) is 0 Å². The molecule has 0 saturated carbocycles. The molecule has 1 rings (SSSR count). The largest absolute Gasteiger partial charge is 1.00 e. The monoisotopic (exact) mass is 504 g/mol. The third kappa shape index (κ3) is 12.8. The number of aryl methyl sites for hydroxylation is 1. The predicted molar refractivity (Wildman–Crippen MR) is 139 cm³/mol. The van der Waals surface area contributed by atoms with E-state index < -0.39 is 15.1 Å². The zero-order chi connectivity index (χ0) is 24.6. The van der Waals surface area contributed by atoms with E-state index in [-0.39, 0.29) is 36.0 Å². The Morgan fingerprint density at radius 1 is 0.765 bits per heavy atom. The van der Waals surface area contributed by atoms with E-state index in [0.717, 1.165) is 31.2 Å². The van der Waals surface area contributed by atoms with Crippen molar-refractivity contribution >= 4 is 10.1 Å². The molecule has 6 heteroatoms. The van der Waals surface area contributed by atoms with Gasteiger partial charge < -0.3 is 9.29 Å². The van der Waals surface area contributed by atoms with Crippen LogP contribution in [0, 0.1) is 0 Å². The first-order valence-corrected chi connectivity index (χ1v) is 14.9. The van der Waals surface area contributed by atoms with E-state index >= 15 is 0 Å². The Hall–Kier alpha value is -0.0700. The second-order valence-electron chi connectivity index (χ2n) is 9.68. The van der Waals surface area contributed by atoms with E-state index in [2.05, 4.69) is 19.9 Å². The van der Waals surface area contributed by atoms with Crippen molar-refractivity contribution in [3.8, 4) is 5.75 Å². The van der Waals surface area contributed by atoms with E-state index in [1.54, 1.807) is 6.92 Å². The van der Waals surface area contributed by atoms with E-state index in [0.29, 0.717) is 5.75 Å². The predicted octanol–water partition coefficient (Wildman–Crippen LogP) is 5.33. The molecule has 4 nitrogen and oxygen atoms in total. The van der Waals surface area contributed by atoms with Gasteiger partial charge in [0, 0.05) is 0 Å². The number of unbranched alkanes of at least 4 members (excludes halogenated alkanes) is 12. The van der Waals surface area contributed by atoms with Gasteiger partial charge in [-0.1, -0.05) is 110 Å². The smallest absolute Gasteiger partial charge is 0.745 e. The summed E-state index contributed by atoms with van der Waals surface area (Å²) in [6, 6.07) is 5.92. The fraction of sp³-hybridized carbons (Fsp3) is 0.786. The van der Waals surface area contributed by atoms with Crippen LogP contribution in [0.1, 0.15) is 135 Å². The molecule has 0 N–H and O–H groups in total. The Morgan fingerprint density at radius 2 is 1.24 bits per heavy atom. The molecule has 0 aliphatic heterocycles. The molecule has 1 aromatic rings. The van der Waals surface area contributed by atoms with Crippen molar-refractivity contribution in [1.29, 1.82) is 0 Å². The van der Waals surface area contributed by atoms with Crippen molar-refractivity contribution in [2.45, 2.75) is 142 Å². The molecule has 0 aliphatic carbocycles. The number of ether oxygens (including phenoxy) is 1.